The van der Waals surface area contributed by atoms with Crippen molar-refractivity contribution in [2.24, 2.45) is 0 Å². The van der Waals surface area contributed by atoms with Crippen LogP contribution in [0.15, 0.2) is 24.3 Å². The van der Waals surface area contributed by atoms with Gasteiger partial charge in [0, 0.05) is 0 Å². The fraction of sp³-hybridized carbons (Fsp3) is 0. The Morgan fingerprint density at radius 2 is 2.00 bits per heavy atom. The summed E-state index contributed by atoms with van der Waals surface area (Å²) in [4.78, 5) is 0. The molecule has 2 rings (SSSR count). The van der Waals surface area contributed by atoms with E-state index >= 15 is 0 Å². The first-order valence-electron chi connectivity index (χ1n) is 2.65. The summed E-state index contributed by atoms with van der Waals surface area (Å²) in [6.45, 7) is 0. The zero-order valence-electron chi connectivity index (χ0n) is 4.39. The van der Waals surface area contributed by atoms with Gasteiger partial charge in [0.2, 0.25) is 0 Å². The fourth-order valence-electron chi connectivity index (χ4n) is 0.832. The van der Waals surface area contributed by atoms with Gasteiger partial charge in [-0.05, 0) is 23.3 Å². The van der Waals surface area contributed by atoms with Gasteiger partial charge in [-0.2, -0.15) is 0 Å². The number of hydrogen-bond donors (Lipinski definition) is 0. The Bertz CT molecular complexity index is 209. The lowest BCUT2D eigenvalue weighted by molar-refractivity contribution is 1.48. The van der Waals surface area contributed by atoms with Gasteiger partial charge < -0.3 is 0 Å². The van der Waals surface area contributed by atoms with Crippen LogP contribution >= 0.6 is 0 Å². The molecule has 8 heavy (non-hydrogen) atoms. The molecule has 0 nitrogen and oxygen atoms in total. The lowest BCUT2D eigenvalue weighted by Gasteiger charge is -2.05. The van der Waals surface area contributed by atoms with Crippen molar-refractivity contribution >= 4 is 6.08 Å². The maximum absolute atomic E-state index is 3.06. The molecule has 1 radical (unpaired) electrons. The van der Waals surface area contributed by atoms with Crippen molar-refractivity contribution in [3.8, 4) is 0 Å². The predicted molar refractivity (Wildman–Crippen MR) is 33.3 cm³/mol. The van der Waals surface area contributed by atoms with Crippen molar-refractivity contribution in [1.29, 1.82) is 0 Å². The molecule has 1 aromatic carbocycles. The van der Waals surface area contributed by atoms with E-state index < -0.39 is 0 Å². The van der Waals surface area contributed by atoms with Crippen molar-refractivity contribution in [2.45, 2.75) is 0 Å². The zero-order chi connectivity index (χ0) is 5.40. The highest BCUT2D eigenvalue weighted by molar-refractivity contribution is 5.65. The Morgan fingerprint density at radius 3 is 2.38 bits per heavy atom. The monoisotopic (exact) mass is 101 g/mol. The second-order valence-electron chi connectivity index (χ2n) is 1.88. The van der Waals surface area contributed by atoms with Crippen LogP contribution in [0.3, 0.4) is 0 Å². The van der Waals surface area contributed by atoms with Crippen LogP contribution < -0.4 is 0 Å². The van der Waals surface area contributed by atoms with Crippen LogP contribution in [-0.4, -0.2) is 0 Å². The standard InChI is InChI=1S/C8H5/c1-2-4-8-6-5-7(8)3-1/h1-5H. The summed E-state index contributed by atoms with van der Waals surface area (Å²) in [5.41, 5.74) is 2.56. The third-order valence-corrected chi connectivity index (χ3v) is 1.34. The molecule has 1 aromatic rings. The highest BCUT2D eigenvalue weighted by atomic mass is 14.0. The van der Waals surface area contributed by atoms with Crippen LogP contribution in [0.1, 0.15) is 11.1 Å². The van der Waals surface area contributed by atoms with E-state index in [1.807, 2.05) is 18.2 Å². The number of hydrogen-bond acceptors (Lipinski definition) is 0. The van der Waals surface area contributed by atoms with E-state index in [0.717, 1.165) is 0 Å². The van der Waals surface area contributed by atoms with Crippen LogP contribution in [0, 0.1) is 6.08 Å². The first kappa shape index (κ1) is 3.90. The zero-order valence-corrected chi connectivity index (χ0v) is 4.39. The molecular formula is C8H5. The van der Waals surface area contributed by atoms with E-state index in [1.54, 1.807) is 0 Å². The van der Waals surface area contributed by atoms with Crippen molar-refractivity contribution in [1.82, 2.24) is 0 Å². The Kier molecular flexibility index (Phi) is 0.595. The third-order valence-electron chi connectivity index (χ3n) is 1.34. The summed E-state index contributed by atoms with van der Waals surface area (Å²) < 4.78 is 0. The molecule has 0 aliphatic heterocycles. The van der Waals surface area contributed by atoms with E-state index in [1.165, 1.54) is 11.1 Å². The highest BCUT2D eigenvalue weighted by Gasteiger charge is 2.00. The largest absolute Gasteiger partial charge is 0.0616 e. The molecule has 0 N–H and O–H groups in total. The average Bonchev–Trinajstić information content (AvgIpc) is 1.72. The van der Waals surface area contributed by atoms with Crippen molar-refractivity contribution in [2.75, 3.05) is 0 Å². The van der Waals surface area contributed by atoms with Gasteiger partial charge in [-0.25, -0.2) is 0 Å². The summed E-state index contributed by atoms with van der Waals surface area (Å²) in [6, 6.07) is 8.22. The molecule has 0 unspecified atom stereocenters. The fourth-order valence-corrected chi connectivity index (χ4v) is 0.832. The smallest absolute Gasteiger partial charge is 0.00928 e. The van der Waals surface area contributed by atoms with Crippen LogP contribution in [0.25, 0.3) is 6.08 Å². The van der Waals surface area contributed by atoms with Gasteiger partial charge in [0.15, 0.2) is 0 Å². The summed E-state index contributed by atoms with van der Waals surface area (Å²) >= 11 is 0. The first-order valence-corrected chi connectivity index (χ1v) is 2.65. The van der Waals surface area contributed by atoms with Crippen molar-refractivity contribution in [3.05, 3.63) is 41.5 Å². The normalized spacial score (nSPS) is 12.5. The topological polar surface area (TPSA) is 0 Å². The van der Waals surface area contributed by atoms with E-state index in [9.17, 15) is 0 Å². The summed E-state index contributed by atoms with van der Waals surface area (Å²) in [6.07, 6.45) is 5.06. The molecule has 0 saturated carbocycles. The molecular weight excluding hydrogens is 96.1 g/mol. The molecule has 0 amide bonds. The first-order chi connectivity index (χ1) is 3.97. The molecule has 0 heteroatoms. The maximum atomic E-state index is 3.06. The Hall–Kier alpha value is -1.04. The van der Waals surface area contributed by atoms with E-state index in [0.29, 0.717) is 0 Å². The number of benzene rings is 1. The molecule has 0 heterocycles. The van der Waals surface area contributed by atoms with Gasteiger partial charge in [0.25, 0.3) is 0 Å². The third kappa shape index (κ3) is 0.348. The molecule has 0 spiro atoms. The lowest BCUT2D eigenvalue weighted by Crippen LogP contribution is -1.87. The Balaban J connectivity index is 2.69. The molecule has 0 bridgehead atoms. The summed E-state index contributed by atoms with van der Waals surface area (Å²) in [7, 11) is 0. The van der Waals surface area contributed by atoms with E-state index in [4.69, 9.17) is 0 Å². The minimum absolute atomic E-state index is 1.24. The van der Waals surface area contributed by atoms with Crippen molar-refractivity contribution < 1.29 is 0 Å². The summed E-state index contributed by atoms with van der Waals surface area (Å²) in [5, 5.41) is 0. The maximum Gasteiger partial charge on any atom is -0.00928 e. The van der Waals surface area contributed by atoms with Crippen LogP contribution in [0.2, 0.25) is 0 Å². The van der Waals surface area contributed by atoms with Gasteiger partial charge >= 0.3 is 0 Å². The van der Waals surface area contributed by atoms with Crippen molar-refractivity contribution in [3.63, 3.8) is 0 Å². The van der Waals surface area contributed by atoms with Crippen LogP contribution in [0.5, 0.6) is 0 Å². The molecule has 37 valence electrons. The highest BCUT2D eigenvalue weighted by Crippen LogP contribution is 2.18. The van der Waals surface area contributed by atoms with Crippen LogP contribution in [-0.2, 0) is 0 Å². The second kappa shape index (κ2) is 1.22. The van der Waals surface area contributed by atoms with Crippen LogP contribution in [0.4, 0.5) is 0 Å². The SMILES string of the molecule is [C]1=Cc2ccccc21. The summed E-state index contributed by atoms with van der Waals surface area (Å²) in [5.74, 6) is 0. The molecule has 1 aliphatic rings. The molecule has 0 atom stereocenters. The second-order valence-corrected chi connectivity index (χ2v) is 1.88. The molecule has 0 aromatic heterocycles. The molecule has 0 fully saturated rings. The Morgan fingerprint density at radius 1 is 1.12 bits per heavy atom. The predicted octanol–water partition coefficient (Wildman–Crippen LogP) is 1.86. The quantitative estimate of drug-likeness (QED) is 0.475. The number of rotatable bonds is 0. The number of fused-ring (bicyclic) bond motifs is 1. The lowest BCUT2D eigenvalue weighted by atomic mass is 9.99. The minimum Gasteiger partial charge on any atom is -0.0616 e. The molecule has 1 aliphatic carbocycles. The Labute approximate surface area is 48.5 Å². The van der Waals surface area contributed by atoms with E-state index in [2.05, 4.69) is 18.2 Å². The van der Waals surface area contributed by atoms with Gasteiger partial charge in [0.1, 0.15) is 0 Å². The molecule has 0 saturated heterocycles. The van der Waals surface area contributed by atoms with Gasteiger partial charge in [-0.15, -0.1) is 0 Å². The van der Waals surface area contributed by atoms with Gasteiger partial charge in [-0.3, -0.25) is 0 Å². The van der Waals surface area contributed by atoms with Gasteiger partial charge in [-0.1, -0.05) is 24.3 Å². The van der Waals surface area contributed by atoms with E-state index in [-0.39, 0.29) is 0 Å². The average molecular weight is 101 g/mol. The minimum atomic E-state index is 1.24. The van der Waals surface area contributed by atoms with Gasteiger partial charge in [0.05, 0.1) is 0 Å².